The lowest BCUT2D eigenvalue weighted by Crippen LogP contribution is -2.37. The van der Waals surface area contributed by atoms with Gasteiger partial charge in [0, 0.05) is 12.1 Å². The number of anilines is 1. The van der Waals surface area contributed by atoms with E-state index in [1.807, 2.05) is 62.4 Å². The van der Waals surface area contributed by atoms with E-state index in [1.165, 1.54) is 5.56 Å². The molecule has 156 valence electrons. The molecule has 0 saturated carbocycles. The van der Waals surface area contributed by atoms with Crippen molar-refractivity contribution in [2.45, 2.75) is 65.5 Å². The molecule has 0 spiro atoms. The van der Waals surface area contributed by atoms with Crippen molar-refractivity contribution >= 4 is 17.5 Å². The Morgan fingerprint density at radius 2 is 1.55 bits per heavy atom. The summed E-state index contributed by atoms with van der Waals surface area (Å²) in [6, 6.07) is 15.1. The van der Waals surface area contributed by atoms with E-state index in [0.29, 0.717) is 12.2 Å². The van der Waals surface area contributed by atoms with E-state index in [2.05, 4.69) is 31.4 Å². The normalized spacial score (nSPS) is 13.3. The predicted octanol–water partition coefficient (Wildman–Crippen LogP) is 4.98. The van der Waals surface area contributed by atoms with Gasteiger partial charge < -0.3 is 15.4 Å². The molecular weight excluding hydrogens is 364 g/mol. The molecule has 2 rings (SSSR count). The van der Waals surface area contributed by atoms with Crippen LogP contribution in [0, 0.1) is 0 Å². The van der Waals surface area contributed by atoms with Gasteiger partial charge in [0.2, 0.25) is 5.91 Å². The Morgan fingerprint density at radius 1 is 0.966 bits per heavy atom. The quantitative estimate of drug-likeness (QED) is 0.694. The Labute approximate surface area is 173 Å². The summed E-state index contributed by atoms with van der Waals surface area (Å²) < 4.78 is 5.80. The fourth-order valence-electron chi connectivity index (χ4n) is 2.81. The van der Waals surface area contributed by atoms with Crippen molar-refractivity contribution in [1.82, 2.24) is 5.32 Å². The monoisotopic (exact) mass is 396 g/mol. The Kier molecular flexibility index (Phi) is 7.43. The highest BCUT2D eigenvalue weighted by Gasteiger charge is 2.19. The van der Waals surface area contributed by atoms with Crippen LogP contribution in [0.25, 0.3) is 0 Å². The molecule has 29 heavy (non-hydrogen) atoms. The highest BCUT2D eigenvalue weighted by Crippen LogP contribution is 2.25. The number of hydrogen-bond acceptors (Lipinski definition) is 3. The molecular formula is C24H32N2O3. The Balaban J connectivity index is 1.92. The van der Waals surface area contributed by atoms with Gasteiger partial charge in [0.05, 0.1) is 6.04 Å². The summed E-state index contributed by atoms with van der Waals surface area (Å²) in [4.78, 5) is 24.0. The molecule has 0 aliphatic rings. The van der Waals surface area contributed by atoms with E-state index in [9.17, 15) is 9.59 Å². The van der Waals surface area contributed by atoms with E-state index in [0.717, 1.165) is 11.3 Å². The van der Waals surface area contributed by atoms with E-state index < -0.39 is 6.10 Å². The summed E-state index contributed by atoms with van der Waals surface area (Å²) in [7, 11) is 0. The summed E-state index contributed by atoms with van der Waals surface area (Å²) in [6.45, 7) is 11.9. The zero-order chi connectivity index (χ0) is 21.6. The van der Waals surface area contributed by atoms with Crippen LogP contribution in [0.15, 0.2) is 48.5 Å². The first-order valence-corrected chi connectivity index (χ1v) is 10.1. The number of nitrogens with one attached hydrogen (secondary N) is 2. The van der Waals surface area contributed by atoms with Gasteiger partial charge in [0.15, 0.2) is 6.10 Å². The molecule has 0 saturated heterocycles. The smallest absolute Gasteiger partial charge is 0.261 e. The SMILES string of the molecule is CCC(=O)Nc1ccc(C(C)NC(=O)C(C)Oc2ccc(C(C)(C)C)cc2)cc1. The molecule has 5 nitrogen and oxygen atoms in total. The Bertz CT molecular complexity index is 821. The zero-order valence-corrected chi connectivity index (χ0v) is 18.2. The van der Waals surface area contributed by atoms with Crippen molar-refractivity contribution in [1.29, 1.82) is 0 Å². The maximum atomic E-state index is 12.5. The van der Waals surface area contributed by atoms with Crippen LogP contribution in [0.3, 0.4) is 0 Å². The Morgan fingerprint density at radius 3 is 2.07 bits per heavy atom. The summed E-state index contributed by atoms with van der Waals surface area (Å²) in [6.07, 6.45) is -0.175. The molecule has 2 unspecified atom stereocenters. The van der Waals surface area contributed by atoms with Crippen molar-refractivity contribution in [2.24, 2.45) is 0 Å². The molecule has 2 N–H and O–H groups in total. The average molecular weight is 397 g/mol. The third-order valence-electron chi connectivity index (χ3n) is 4.78. The minimum Gasteiger partial charge on any atom is -0.481 e. The lowest BCUT2D eigenvalue weighted by Gasteiger charge is -2.21. The van der Waals surface area contributed by atoms with Gasteiger partial charge in [-0.3, -0.25) is 9.59 Å². The van der Waals surface area contributed by atoms with E-state index >= 15 is 0 Å². The van der Waals surface area contributed by atoms with Crippen LogP contribution in [0.4, 0.5) is 5.69 Å². The highest BCUT2D eigenvalue weighted by molar-refractivity contribution is 5.90. The third-order valence-corrected chi connectivity index (χ3v) is 4.78. The molecule has 0 aliphatic carbocycles. The van der Waals surface area contributed by atoms with Crippen LogP contribution in [-0.2, 0) is 15.0 Å². The van der Waals surface area contributed by atoms with Crippen LogP contribution in [0.5, 0.6) is 5.75 Å². The highest BCUT2D eigenvalue weighted by atomic mass is 16.5. The van der Waals surface area contributed by atoms with E-state index in [4.69, 9.17) is 4.74 Å². The molecule has 5 heteroatoms. The molecule has 0 fully saturated rings. The minimum absolute atomic E-state index is 0.0272. The van der Waals surface area contributed by atoms with Gasteiger partial charge >= 0.3 is 0 Å². The second-order valence-electron chi connectivity index (χ2n) is 8.29. The summed E-state index contributed by atoms with van der Waals surface area (Å²) in [5.41, 5.74) is 2.99. The van der Waals surface area contributed by atoms with Crippen LogP contribution >= 0.6 is 0 Å². The molecule has 0 aromatic heterocycles. The second-order valence-corrected chi connectivity index (χ2v) is 8.29. The first-order valence-electron chi connectivity index (χ1n) is 10.1. The van der Waals surface area contributed by atoms with Crippen LogP contribution in [0.1, 0.15) is 65.1 Å². The van der Waals surface area contributed by atoms with Crippen LogP contribution in [-0.4, -0.2) is 17.9 Å². The summed E-state index contributed by atoms with van der Waals surface area (Å²) >= 11 is 0. The number of ether oxygens (including phenoxy) is 1. The van der Waals surface area contributed by atoms with Gasteiger partial charge in [-0.05, 0) is 54.7 Å². The first kappa shape index (κ1) is 22.5. The van der Waals surface area contributed by atoms with Crippen LogP contribution < -0.4 is 15.4 Å². The molecule has 2 aromatic rings. The lowest BCUT2D eigenvalue weighted by atomic mass is 9.87. The second kappa shape index (κ2) is 9.59. The van der Waals surface area contributed by atoms with Gasteiger partial charge in [0.25, 0.3) is 5.91 Å². The summed E-state index contributed by atoms with van der Waals surface area (Å²) in [5, 5.41) is 5.78. The van der Waals surface area contributed by atoms with Gasteiger partial charge in [-0.1, -0.05) is 52.0 Å². The maximum absolute atomic E-state index is 12.5. The first-order chi connectivity index (χ1) is 13.6. The fourth-order valence-corrected chi connectivity index (χ4v) is 2.81. The largest absolute Gasteiger partial charge is 0.481 e. The fraction of sp³-hybridized carbons (Fsp3) is 0.417. The molecule has 0 bridgehead atoms. The topological polar surface area (TPSA) is 67.4 Å². The standard InChI is InChI=1S/C24H32N2O3/c1-7-22(27)26-20-12-8-18(9-13-20)16(2)25-23(28)17(3)29-21-14-10-19(11-15-21)24(4,5)6/h8-17H,7H2,1-6H3,(H,25,28)(H,26,27). The Hall–Kier alpha value is -2.82. The van der Waals surface area contributed by atoms with Crippen molar-refractivity contribution in [3.8, 4) is 5.75 Å². The summed E-state index contributed by atoms with van der Waals surface area (Å²) in [5.74, 6) is 0.464. The van der Waals surface area contributed by atoms with E-state index in [-0.39, 0.29) is 23.3 Å². The number of carbonyl (C=O) groups is 2. The predicted molar refractivity (Wildman–Crippen MR) is 117 cm³/mol. The molecule has 2 amide bonds. The van der Waals surface area contributed by atoms with Crippen molar-refractivity contribution in [3.05, 3.63) is 59.7 Å². The molecule has 2 aromatic carbocycles. The maximum Gasteiger partial charge on any atom is 0.261 e. The van der Waals surface area contributed by atoms with E-state index in [1.54, 1.807) is 6.92 Å². The number of rotatable bonds is 7. The molecule has 0 aliphatic heterocycles. The molecule has 0 heterocycles. The van der Waals surface area contributed by atoms with Crippen molar-refractivity contribution in [3.63, 3.8) is 0 Å². The third kappa shape index (κ3) is 6.63. The van der Waals surface area contributed by atoms with Crippen molar-refractivity contribution < 1.29 is 14.3 Å². The van der Waals surface area contributed by atoms with Gasteiger partial charge in [-0.15, -0.1) is 0 Å². The zero-order valence-electron chi connectivity index (χ0n) is 18.2. The van der Waals surface area contributed by atoms with Gasteiger partial charge in [-0.2, -0.15) is 0 Å². The van der Waals surface area contributed by atoms with Crippen molar-refractivity contribution in [2.75, 3.05) is 5.32 Å². The number of carbonyl (C=O) groups excluding carboxylic acids is 2. The van der Waals surface area contributed by atoms with Crippen LogP contribution in [0.2, 0.25) is 0 Å². The number of hydrogen-bond donors (Lipinski definition) is 2. The lowest BCUT2D eigenvalue weighted by molar-refractivity contribution is -0.128. The number of amides is 2. The number of benzene rings is 2. The van der Waals surface area contributed by atoms with Gasteiger partial charge in [-0.25, -0.2) is 0 Å². The average Bonchev–Trinajstić information content (AvgIpc) is 2.68. The molecule has 0 radical (unpaired) electrons. The molecule has 2 atom stereocenters. The van der Waals surface area contributed by atoms with Gasteiger partial charge in [0.1, 0.15) is 5.75 Å². The minimum atomic E-state index is -0.610.